The second-order valence-corrected chi connectivity index (χ2v) is 7.14. The first-order valence-electron chi connectivity index (χ1n) is 9.74. The van der Waals surface area contributed by atoms with Crippen molar-refractivity contribution in [2.75, 3.05) is 12.4 Å². The molecule has 0 atom stereocenters. The van der Waals surface area contributed by atoms with E-state index in [1.165, 1.54) is 0 Å². The Morgan fingerprint density at radius 2 is 1.76 bits per heavy atom. The SMILES string of the molecule is COc1ccc(CNc2cc(C(=O)N(Cc3ccccc3)C(C)C)ccn2)cc1. The largest absolute Gasteiger partial charge is 0.497 e. The summed E-state index contributed by atoms with van der Waals surface area (Å²) in [4.78, 5) is 19.4. The van der Waals surface area contributed by atoms with Crippen molar-refractivity contribution in [1.82, 2.24) is 9.88 Å². The molecular formula is C24H27N3O2. The van der Waals surface area contributed by atoms with Gasteiger partial charge in [-0.05, 0) is 49.2 Å². The van der Waals surface area contributed by atoms with Gasteiger partial charge in [0, 0.05) is 30.9 Å². The van der Waals surface area contributed by atoms with Crippen molar-refractivity contribution in [1.29, 1.82) is 0 Å². The number of pyridine rings is 1. The number of carbonyl (C=O) groups excluding carboxylic acids is 1. The molecule has 1 heterocycles. The first-order chi connectivity index (χ1) is 14.1. The van der Waals surface area contributed by atoms with Gasteiger partial charge >= 0.3 is 0 Å². The van der Waals surface area contributed by atoms with E-state index in [1.807, 2.05) is 79.4 Å². The van der Waals surface area contributed by atoms with Crippen LogP contribution < -0.4 is 10.1 Å². The molecule has 29 heavy (non-hydrogen) atoms. The molecular weight excluding hydrogens is 362 g/mol. The van der Waals surface area contributed by atoms with Gasteiger partial charge in [-0.2, -0.15) is 0 Å². The number of anilines is 1. The Morgan fingerprint density at radius 3 is 2.41 bits per heavy atom. The Balaban J connectivity index is 1.69. The van der Waals surface area contributed by atoms with Crippen molar-refractivity contribution < 1.29 is 9.53 Å². The highest BCUT2D eigenvalue weighted by molar-refractivity contribution is 5.95. The van der Waals surface area contributed by atoms with Crippen molar-refractivity contribution in [3.8, 4) is 5.75 Å². The van der Waals surface area contributed by atoms with Crippen LogP contribution in [0.25, 0.3) is 0 Å². The van der Waals surface area contributed by atoms with Crippen LogP contribution in [-0.4, -0.2) is 28.9 Å². The summed E-state index contributed by atoms with van der Waals surface area (Å²) in [6.07, 6.45) is 1.67. The summed E-state index contributed by atoms with van der Waals surface area (Å²) in [5, 5.41) is 3.29. The molecule has 150 valence electrons. The summed E-state index contributed by atoms with van der Waals surface area (Å²) >= 11 is 0. The Bertz CT molecular complexity index is 924. The standard InChI is InChI=1S/C24H27N3O2/c1-18(2)27(17-20-7-5-4-6-8-20)24(28)21-13-14-25-23(15-21)26-16-19-9-11-22(29-3)12-10-19/h4-15,18H,16-17H2,1-3H3,(H,25,26). The lowest BCUT2D eigenvalue weighted by atomic mass is 10.1. The third-order valence-electron chi connectivity index (χ3n) is 4.72. The van der Waals surface area contributed by atoms with Crippen LogP contribution in [0.1, 0.15) is 35.3 Å². The van der Waals surface area contributed by atoms with E-state index in [4.69, 9.17) is 4.74 Å². The highest BCUT2D eigenvalue weighted by Crippen LogP contribution is 2.17. The lowest BCUT2D eigenvalue weighted by Crippen LogP contribution is -2.36. The minimum Gasteiger partial charge on any atom is -0.497 e. The number of ether oxygens (including phenoxy) is 1. The van der Waals surface area contributed by atoms with Gasteiger partial charge in [-0.15, -0.1) is 0 Å². The Labute approximate surface area is 172 Å². The molecule has 2 aromatic carbocycles. The lowest BCUT2D eigenvalue weighted by molar-refractivity contribution is 0.0690. The minimum absolute atomic E-state index is 0.00116. The van der Waals surface area contributed by atoms with E-state index < -0.39 is 0 Å². The average molecular weight is 389 g/mol. The molecule has 0 unspecified atom stereocenters. The predicted molar refractivity (Wildman–Crippen MR) is 116 cm³/mol. The number of carbonyl (C=O) groups is 1. The first-order valence-corrected chi connectivity index (χ1v) is 9.74. The minimum atomic E-state index is -0.00116. The van der Waals surface area contributed by atoms with Crippen molar-refractivity contribution in [3.05, 3.63) is 89.6 Å². The topological polar surface area (TPSA) is 54.5 Å². The molecule has 0 spiro atoms. The van der Waals surface area contributed by atoms with E-state index in [0.29, 0.717) is 24.5 Å². The number of benzene rings is 2. The van der Waals surface area contributed by atoms with Gasteiger partial charge < -0.3 is 15.0 Å². The second kappa shape index (κ2) is 9.73. The maximum absolute atomic E-state index is 13.1. The Kier molecular flexibility index (Phi) is 6.85. The molecule has 0 saturated heterocycles. The molecule has 0 radical (unpaired) electrons. The highest BCUT2D eigenvalue weighted by atomic mass is 16.5. The molecule has 0 saturated carbocycles. The molecule has 3 rings (SSSR count). The fraction of sp³-hybridized carbons (Fsp3) is 0.250. The zero-order valence-corrected chi connectivity index (χ0v) is 17.1. The fourth-order valence-electron chi connectivity index (χ4n) is 3.03. The van der Waals surface area contributed by atoms with E-state index in [-0.39, 0.29) is 11.9 Å². The number of rotatable bonds is 8. The van der Waals surface area contributed by atoms with E-state index in [1.54, 1.807) is 19.4 Å². The molecule has 1 N–H and O–H groups in total. The van der Waals surface area contributed by atoms with Gasteiger partial charge in [-0.25, -0.2) is 4.98 Å². The summed E-state index contributed by atoms with van der Waals surface area (Å²) in [5.74, 6) is 1.50. The predicted octanol–water partition coefficient (Wildman–Crippen LogP) is 4.75. The normalized spacial score (nSPS) is 10.6. The van der Waals surface area contributed by atoms with E-state index in [2.05, 4.69) is 10.3 Å². The van der Waals surface area contributed by atoms with Crippen molar-refractivity contribution >= 4 is 11.7 Å². The molecule has 1 amide bonds. The van der Waals surface area contributed by atoms with Crippen LogP contribution in [0.2, 0.25) is 0 Å². The van der Waals surface area contributed by atoms with E-state index in [0.717, 1.165) is 16.9 Å². The number of hydrogen-bond donors (Lipinski definition) is 1. The molecule has 0 bridgehead atoms. The highest BCUT2D eigenvalue weighted by Gasteiger charge is 2.19. The number of amides is 1. The van der Waals surface area contributed by atoms with Gasteiger partial charge in [0.25, 0.3) is 5.91 Å². The van der Waals surface area contributed by atoms with E-state index in [9.17, 15) is 4.79 Å². The summed E-state index contributed by atoms with van der Waals surface area (Å²) in [6, 6.07) is 21.6. The number of nitrogens with one attached hydrogen (secondary N) is 1. The van der Waals surface area contributed by atoms with Crippen LogP contribution in [0, 0.1) is 0 Å². The molecule has 0 aliphatic carbocycles. The van der Waals surface area contributed by atoms with Crippen LogP contribution in [0.15, 0.2) is 72.9 Å². The van der Waals surface area contributed by atoms with Gasteiger partial charge in [0.05, 0.1) is 7.11 Å². The zero-order chi connectivity index (χ0) is 20.6. The molecule has 5 nitrogen and oxygen atoms in total. The van der Waals surface area contributed by atoms with Gasteiger partial charge in [-0.3, -0.25) is 4.79 Å². The Hall–Kier alpha value is -3.34. The second-order valence-electron chi connectivity index (χ2n) is 7.14. The van der Waals surface area contributed by atoms with Gasteiger partial charge in [0.1, 0.15) is 11.6 Å². The maximum Gasteiger partial charge on any atom is 0.254 e. The molecule has 0 aliphatic heterocycles. The summed E-state index contributed by atoms with van der Waals surface area (Å²) in [7, 11) is 1.65. The smallest absolute Gasteiger partial charge is 0.254 e. The number of nitrogens with zero attached hydrogens (tertiary/aromatic N) is 2. The lowest BCUT2D eigenvalue weighted by Gasteiger charge is -2.27. The molecule has 3 aromatic rings. The van der Waals surface area contributed by atoms with Crippen molar-refractivity contribution in [2.24, 2.45) is 0 Å². The van der Waals surface area contributed by atoms with Crippen LogP contribution in [0.4, 0.5) is 5.82 Å². The average Bonchev–Trinajstić information content (AvgIpc) is 2.76. The molecule has 1 aromatic heterocycles. The van der Waals surface area contributed by atoms with Gasteiger partial charge in [-0.1, -0.05) is 42.5 Å². The summed E-state index contributed by atoms with van der Waals surface area (Å²) < 4.78 is 5.18. The summed E-state index contributed by atoms with van der Waals surface area (Å²) in [5.41, 5.74) is 2.85. The zero-order valence-electron chi connectivity index (χ0n) is 17.1. The summed E-state index contributed by atoms with van der Waals surface area (Å²) in [6.45, 7) is 5.26. The maximum atomic E-state index is 13.1. The first kappa shape index (κ1) is 20.4. The van der Waals surface area contributed by atoms with Crippen LogP contribution >= 0.6 is 0 Å². The quantitative estimate of drug-likeness (QED) is 0.604. The third-order valence-corrected chi connectivity index (χ3v) is 4.72. The van der Waals surface area contributed by atoms with Crippen LogP contribution in [0.5, 0.6) is 5.75 Å². The molecule has 0 fully saturated rings. The van der Waals surface area contributed by atoms with E-state index >= 15 is 0 Å². The Morgan fingerprint density at radius 1 is 1.03 bits per heavy atom. The van der Waals surface area contributed by atoms with Crippen molar-refractivity contribution in [2.45, 2.75) is 33.0 Å². The molecule has 5 heteroatoms. The fourth-order valence-corrected chi connectivity index (χ4v) is 3.03. The number of hydrogen-bond acceptors (Lipinski definition) is 4. The van der Waals surface area contributed by atoms with Crippen molar-refractivity contribution in [3.63, 3.8) is 0 Å². The van der Waals surface area contributed by atoms with Gasteiger partial charge in [0.2, 0.25) is 0 Å². The van der Waals surface area contributed by atoms with Crippen LogP contribution in [0.3, 0.4) is 0 Å². The third kappa shape index (κ3) is 5.57. The van der Waals surface area contributed by atoms with Crippen LogP contribution in [-0.2, 0) is 13.1 Å². The number of aromatic nitrogens is 1. The van der Waals surface area contributed by atoms with Gasteiger partial charge in [0.15, 0.2) is 0 Å². The molecule has 0 aliphatic rings. The number of methoxy groups -OCH3 is 1. The monoisotopic (exact) mass is 389 g/mol.